The summed E-state index contributed by atoms with van der Waals surface area (Å²) in [5.41, 5.74) is 6.66. The lowest BCUT2D eigenvalue weighted by molar-refractivity contribution is -0.116. The zero-order valence-corrected chi connectivity index (χ0v) is 15.9. The lowest BCUT2D eigenvalue weighted by Gasteiger charge is -2.17. The molecule has 0 radical (unpaired) electrons. The summed E-state index contributed by atoms with van der Waals surface area (Å²) in [4.78, 5) is 12.1. The molecule has 2 aromatic carbocycles. The van der Waals surface area contributed by atoms with Crippen LogP contribution in [-0.4, -0.2) is 39.3 Å². The fraction of sp³-hybridized carbons (Fsp3) is 0.278. The van der Waals surface area contributed by atoms with Gasteiger partial charge in [-0.15, -0.1) is 0 Å². The van der Waals surface area contributed by atoms with Gasteiger partial charge in [0, 0.05) is 26.1 Å². The summed E-state index contributed by atoms with van der Waals surface area (Å²) >= 11 is 0. The van der Waals surface area contributed by atoms with Crippen molar-refractivity contribution in [1.82, 2.24) is 4.31 Å². The summed E-state index contributed by atoms with van der Waals surface area (Å²) in [6, 6.07) is 9.51. The van der Waals surface area contributed by atoms with Gasteiger partial charge in [-0.2, -0.15) is 0 Å². The standard InChI is InChI=1S/C18H22FN3O4S/c1-22(27(24,25)15-8-5-13(19)6-9-15)11-3-4-18(23)21-17-12-14(26-2)7-10-16(17)20/h5-10,12H,3-4,11,20H2,1-2H3,(H,21,23). The van der Waals surface area contributed by atoms with Crippen molar-refractivity contribution in [3.05, 3.63) is 48.3 Å². The number of carbonyl (C=O) groups is 1. The molecule has 27 heavy (non-hydrogen) atoms. The summed E-state index contributed by atoms with van der Waals surface area (Å²) < 4.78 is 44.0. The lowest BCUT2D eigenvalue weighted by Crippen LogP contribution is -2.28. The predicted octanol–water partition coefficient (Wildman–Crippen LogP) is 2.46. The Bertz CT molecular complexity index is 901. The number of nitrogen functional groups attached to an aromatic ring is 1. The molecule has 0 aromatic heterocycles. The predicted molar refractivity (Wildman–Crippen MR) is 101 cm³/mol. The average Bonchev–Trinajstić information content (AvgIpc) is 2.63. The molecule has 7 nitrogen and oxygen atoms in total. The highest BCUT2D eigenvalue weighted by Crippen LogP contribution is 2.24. The average molecular weight is 395 g/mol. The Morgan fingerprint density at radius 3 is 2.52 bits per heavy atom. The largest absolute Gasteiger partial charge is 0.497 e. The van der Waals surface area contributed by atoms with Gasteiger partial charge < -0.3 is 15.8 Å². The van der Waals surface area contributed by atoms with Crippen molar-refractivity contribution in [1.29, 1.82) is 0 Å². The number of nitrogens with one attached hydrogen (secondary N) is 1. The van der Waals surface area contributed by atoms with Crippen molar-refractivity contribution >= 4 is 27.3 Å². The Morgan fingerprint density at radius 2 is 1.89 bits per heavy atom. The van der Waals surface area contributed by atoms with Crippen LogP contribution >= 0.6 is 0 Å². The number of rotatable bonds is 8. The van der Waals surface area contributed by atoms with Gasteiger partial charge in [-0.05, 0) is 42.8 Å². The van der Waals surface area contributed by atoms with E-state index in [0.29, 0.717) is 23.5 Å². The number of benzene rings is 2. The molecule has 0 fully saturated rings. The molecular formula is C18H22FN3O4S. The van der Waals surface area contributed by atoms with Crippen molar-refractivity contribution in [2.75, 3.05) is 31.8 Å². The van der Waals surface area contributed by atoms with Gasteiger partial charge in [0.05, 0.1) is 23.4 Å². The highest BCUT2D eigenvalue weighted by Gasteiger charge is 2.20. The first-order chi connectivity index (χ1) is 12.7. The summed E-state index contributed by atoms with van der Waals surface area (Å²) in [5.74, 6) is -0.239. The smallest absolute Gasteiger partial charge is 0.242 e. The van der Waals surface area contributed by atoms with Crippen molar-refractivity contribution in [2.24, 2.45) is 0 Å². The second-order valence-corrected chi connectivity index (χ2v) is 7.93. The number of nitrogens with two attached hydrogens (primary N) is 1. The number of anilines is 2. The van der Waals surface area contributed by atoms with E-state index in [4.69, 9.17) is 10.5 Å². The van der Waals surface area contributed by atoms with Crippen LogP contribution in [0.5, 0.6) is 5.75 Å². The monoisotopic (exact) mass is 395 g/mol. The van der Waals surface area contributed by atoms with Crippen LogP contribution < -0.4 is 15.8 Å². The maximum atomic E-state index is 13.0. The van der Waals surface area contributed by atoms with E-state index < -0.39 is 15.8 Å². The van der Waals surface area contributed by atoms with Gasteiger partial charge in [-0.3, -0.25) is 4.79 Å². The zero-order chi connectivity index (χ0) is 20.0. The Balaban J connectivity index is 1.90. The molecule has 0 aliphatic rings. The molecule has 9 heteroatoms. The van der Waals surface area contributed by atoms with Crippen molar-refractivity contribution in [2.45, 2.75) is 17.7 Å². The Hall–Kier alpha value is -2.65. The van der Waals surface area contributed by atoms with Crippen LogP contribution in [0.3, 0.4) is 0 Å². The minimum atomic E-state index is -3.73. The van der Waals surface area contributed by atoms with Crippen LogP contribution in [0.15, 0.2) is 47.4 Å². The molecule has 1 amide bonds. The number of carbonyl (C=O) groups excluding carboxylic acids is 1. The van der Waals surface area contributed by atoms with Crippen LogP contribution in [0.25, 0.3) is 0 Å². The minimum Gasteiger partial charge on any atom is -0.497 e. The number of hydrogen-bond donors (Lipinski definition) is 2. The Kier molecular flexibility index (Phi) is 6.75. The van der Waals surface area contributed by atoms with Crippen molar-refractivity contribution in [3.63, 3.8) is 0 Å². The second kappa shape index (κ2) is 8.83. The third kappa shape index (κ3) is 5.41. The Morgan fingerprint density at radius 1 is 1.22 bits per heavy atom. The first-order valence-electron chi connectivity index (χ1n) is 8.19. The molecular weight excluding hydrogens is 373 g/mol. The van der Waals surface area contributed by atoms with Crippen LogP contribution in [0.1, 0.15) is 12.8 Å². The number of amides is 1. The molecule has 0 bridgehead atoms. The van der Waals surface area contributed by atoms with Crippen molar-refractivity contribution in [3.8, 4) is 5.75 Å². The molecule has 0 saturated heterocycles. The van der Waals surface area contributed by atoms with E-state index in [1.807, 2.05) is 0 Å². The topological polar surface area (TPSA) is 102 Å². The van der Waals surface area contributed by atoms with E-state index in [-0.39, 0.29) is 23.8 Å². The molecule has 0 aliphatic heterocycles. The molecule has 3 N–H and O–H groups in total. The Labute approximate surface area is 158 Å². The van der Waals surface area contributed by atoms with Gasteiger partial charge in [-0.1, -0.05) is 0 Å². The van der Waals surface area contributed by atoms with Crippen LogP contribution in [0, 0.1) is 5.82 Å². The lowest BCUT2D eigenvalue weighted by atomic mass is 10.2. The number of nitrogens with zero attached hydrogens (tertiary/aromatic N) is 1. The van der Waals surface area contributed by atoms with Gasteiger partial charge in [0.25, 0.3) is 0 Å². The number of sulfonamides is 1. The van der Waals surface area contributed by atoms with Gasteiger partial charge in [0.1, 0.15) is 11.6 Å². The fourth-order valence-electron chi connectivity index (χ4n) is 2.35. The van der Waals surface area contributed by atoms with E-state index in [1.54, 1.807) is 18.2 Å². The third-order valence-corrected chi connectivity index (χ3v) is 5.80. The summed E-state index contributed by atoms with van der Waals surface area (Å²) in [5, 5.41) is 2.68. The molecule has 0 atom stereocenters. The molecule has 0 spiro atoms. The second-order valence-electron chi connectivity index (χ2n) is 5.89. The van der Waals surface area contributed by atoms with Gasteiger partial charge in [-0.25, -0.2) is 17.1 Å². The summed E-state index contributed by atoms with van der Waals surface area (Å²) in [6.45, 7) is 0.140. The molecule has 2 rings (SSSR count). The maximum Gasteiger partial charge on any atom is 0.242 e. The summed E-state index contributed by atoms with van der Waals surface area (Å²) in [6.07, 6.45) is 0.423. The number of methoxy groups -OCH3 is 1. The van der Waals surface area contributed by atoms with E-state index in [9.17, 15) is 17.6 Å². The number of hydrogen-bond acceptors (Lipinski definition) is 5. The third-order valence-electron chi connectivity index (χ3n) is 3.93. The quantitative estimate of drug-likeness (QED) is 0.669. The van der Waals surface area contributed by atoms with E-state index in [2.05, 4.69) is 5.32 Å². The first-order valence-corrected chi connectivity index (χ1v) is 9.63. The molecule has 0 heterocycles. The van der Waals surface area contributed by atoms with Gasteiger partial charge in [0.15, 0.2) is 0 Å². The first kappa shape index (κ1) is 20.7. The highest BCUT2D eigenvalue weighted by atomic mass is 32.2. The zero-order valence-electron chi connectivity index (χ0n) is 15.1. The van der Waals surface area contributed by atoms with Gasteiger partial charge >= 0.3 is 0 Å². The van der Waals surface area contributed by atoms with Crippen LogP contribution in [0.2, 0.25) is 0 Å². The van der Waals surface area contributed by atoms with E-state index >= 15 is 0 Å². The molecule has 0 saturated carbocycles. The fourth-order valence-corrected chi connectivity index (χ4v) is 3.56. The van der Waals surface area contributed by atoms with Gasteiger partial charge in [0.2, 0.25) is 15.9 Å². The summed E-state index contributed by atoms with van der Waals surface area (Å²) in [7, 11) is -0.808. The molecule has 0 unspecified atom stereocenters. The van der Waals surface area contributed by atoms with Crippen LogP contribution in [0.4, 0.5) is 15.8 Å². The number of ether oxygens (including phenoxy) is 1. The van der Waals surface area contributed by atoms with Crippen LogP contribution in [-0.2, 0) is 14.8 Å². The van der Waals surface area contributed by atoms with E-state index in [1.165, 1.54) is 26.3 Å². The molecule has 146 valence electrons. The van der Waals surface area contributed by atoms with E-state index in [0.717, 1.165) is 16.4 Å². The highest BCUT2D eigenvalue weighted by molar-refractivity contribution is 7.89. The SMILES string of the molecule is COc1ccc(N)c(NC(=O)CCCN(C)S(=O)(=O)c2ccc(F)cc2)c1. The molecule has 2 aromatic rings. The molecule has 0 aliphatic carbocycles. The maximum absolute atomic E-state index is 13.0. The van der Waals surface area contributed by atoms with Crippen molar-refractivity contribution < 1.29 is 22.3 Å². The minimum absolute atomic E-state index is 0.00000525. The normalized spacial score (nSPS) is 11.4. The number of halogens is 1.